The molecule has 1 aromatic carbocycles. The number of ether oxygens (including phenoxy) is 1. The molecular weight excluding hydrogens is 250 g/mol. The summed E-state index contributed by atoms with van der Waals surface area (Å²) in [4.78, 5) is 15.8. The van der Waals surface area contributed by atoms with Crippen molar-refractivity contribution in [3.05, 3.63) is 18.2 Å². The van der Waals surface area contributed by atoms with Gasteiger partial charge in [-0.3, -0.25) is 4.79 Å². The molecule has 1 heterocycles. The molecule has 2 rings (SSSR count). The van der Waals surface area contributed by atoms with E-state index in [0.717, 1.165) is 16.0 Å². The van der Waals surface area contributed by atoms with Crippen LogP contribution in [0.4, 0.5) is 5.13 Å². The minimum atomic E-state index is -0.688. The highest BCUT2D eigenvalue weighted by atomic mass is 32.1. The van der Waals surface area contributed by atoms with Gasteiger partial charge in [0.05, 0.1) is 23.4 Å². The smallest absolute Gasteiger partial charge is 0.243 e. The Bertz CT molecular complexity index is 630. The van der Waals surface area contributed by atoms with Gasteiger partial charge in [-0.05, 0) is 25.1 Å². The maximum absolute atomic E-state index is 11.6. The zero-order valence-corrected chi connectivity index (χ0v) is 10.7. The number of nitrogens with one attached hydrogen (secondary N) is 1. The first kappa shape index (κ1) is 12.3. The quantitative estimate of drug-likeness (QED) is 0.920. The van der Waals surface area contributed by atoms with Gasteiger partial charge in [0, 0.05) is 0 Å². The first-order chi connectivity index (χ1) is 8.63. The number of anilines is 1. The molecule has 0 bridgehead atoms. The van der Waals surface area contributed by atoms with E-state index in [4.69, 9.17) is 10.00 Å². The minimum Gasteiger partial charge on any atom is -0.497 e. The van der Waals surface area contributed by atoms with Gasteiger partial charge in [-0.25, -0.2) is 4.98 Å². The van der Waals surface area contributed by atoms with Crippen LogP contribution in [0.1, 0.15) is 6.92 Å². The van der Waals surface area contributed by atoms with Crippen LogP contribution in [-0.4, -0.2) is 18.0 Å². The fraction of sp³-hybridized carbons (Fsp3) is 0.250. The van der Waals surface area contributed by atoms with Crippen molar-refractivity contribution in [1.29, 1.82) is 5.26 Å². The van der Waals surface area contributed by atoms with E-state index in [1.54, 1.807) is 14.0 Å². The number of methoxy groups -OCH3 is 1. The van der Waals surface area contributed by atoms with E-state index in [0.29, 0.717) is 5.13 Å². The number of nitriles is 1. The molecule has 92 valence electrons. The van der Waals surface area contributed by atoms with Crippen LogP contribution in [0.25, 0.3) is 10.2 Å². The van der Waals surface area contributed by atoms with Crippen molar-refractivity contribution in [2.24, 2.45) is 5.92 Å². The molecule has 0 spiro atoms. The second kappa shape index (κ2) is 5.02. The second-order valence-corrected chi connectivity index (χ2v) is 4.72. The zero-order chi connectivity index (χ0) is 13.1. The zero-order valence-electron chi connectivity index (χ0n) is 9.93. The summed E-state index contributed by atoms with van der Waals surface area (Å²) in [6.07, 6.45) is 0. The van der Waals surface area contributed by atoms with E-state index < -0.39 is 5.92 Å². The Kier molecular flexibility index (Phi) is 3.44. The molecule has 1 unspecified atom stereocenters. The predicted octanol–water partition coefficient (Wildman–Crippen LogP) is 2.40. The molecule has 1 amide bonds. The van der Waals surface area contributed by atoms with E-state index >= 15 is 0 Å². The summed E-state index contributed by atoms with van der Waals surface area (Å²) in [6.45, 7) is 1.55. The standard InChI is InChI=1S/C12H11N3O2S/c1-7(6-13)11(16)15-12-14-9-4-3-8(17-2)5-10(9)18-12/h3-5,7H,1-2H3,(H,14,15,16). The summed E-state index contributed by atoms with van der Waals surface area (Å²) in [6, 6.07) is 7.38. The topological polar surface area (TPSA) is 75.0 Å². The van der Waals surface area contributed by atoms with Gasteiger partial charge in [-0.1, -0.05) is 11.3 Å². The van der Waals surface area contributed by atoms with Crippen LogP contribution >= 0.6 is 11.3 Å². The highest BCUT2D eigenvalue weighted by molar-refractivity contribution is 7.22. The molecule has 0 aliphatic carbocycles. The van der Waals surface area contributed by atoms with Crippen LogP contribution in [0.5, 0.6) is 5.75 Å². The first-order valence-corrected chi connectivity index (χ1v) is 6.10. The van der Waals surface area contributed by atoms with Gasteiger partial charge >= 0.3 is 0 Å². The summed E-state index contributed by atoms with van der Waals surface area (Å²) >= 11 is 1.35. The van der Waals surface area contributed by atoms with Gasteiger partial charge in [0.2, 0.25) is 5.91 Å². The average molecular weight is 261 g/mol. The number of hydrogen-bond donors (Lipinski definition) is 1. The SMILES string of the molecule is COc1ccc2nc(NC(=O)C(C)C#N)sc2c1. The lowest BCUT2D eigenvalue weighted by Crippen LogP contribution is -2.18. The molecule has 2 aromatic rings. The molecule has 0 fully saturated rings. The lowest BCUT2D eigenvalue weighted by atomic mass is 10.2. The van der Waals surface area contributed by atoms with Crippen molar-refractivity contribution in [3.8, 4) is 11.8 Å². The lowest BCUT2D eigenvalue weighted by molar-refractivity contribution is -0.117. The summed E-state index contributed by atoms with van der Waals surface area (Å²) in [5.41, 5.74) is 0.792. The van der Waals surface area contributed by atoms with Crippen molar-refractivity contribution in [2.45, 2.75) is 6.92 Å². The molecular formula is C12H11N3O2S. The summed E-state index contributed by atoms with van der Waals surface area (Å²) in [5.74, 6) is -0.288. The highest BCUT2D eigenvalue weighted by Gasteiger charge is 2.14. The van der Waals surface area contributed by atoms with Crippen LogP contribution in [0.3, 0.4) is 0 Å². The number of carbonyl (C=O) groups excluding carboxylic acids is 1. The van der Waals surface area contributed by atoms with E-state index in [-0.39, 0.29) is 5.91 Å². The number of fused-ring (bicyclic) bond motifs is 1. The molecule has 0 aliphatic heterocycles. The van der Waals surface area contributed by atoms with Gasteiger partial charge in [0.1, 0.15) is 11.7 Å². The van der Waals surface area contributed by atoms with E-state index in [2.05, 4.69) is 10.3 Å². The molecule has 0 saturated heterocycles. The van der Waals surface area contributed by atoms with Gasteiger partial charge in [-0.15, -0.1) is 0 Å². The van der Waals surface area contributed by atoms with Crippen LogP contribution in [0.2, 0.25) is 0 Å². The average Bonchev–Trinajstić information content (AvgIpc) is 2.78. The first-order valence-electron chi connectivity index (χ1n) is 5.29. The number of thiazole rings is 1. The molecule has 18 heavy (non-hydrogen) atoms. The fourth-order valence-electron chi connectivity index (χ4n) is 1.36. The molecule has 0 saturated carbocycles. The third-order valence-electron chi connectivity index (χ3n) is 2.41. The Morgan fingerprint density at radius 1 is 1.61 bits per heavy atom. The number of carbonyl (C=O) groups is 1. The van der Waals surface area contributed by atoms with Crippen LogP contribution in [0.15, 0.2) is 18.2 Å². The fourth-order valence-corrected chi connectivity index (χ4v) is 2.25. The minimum absolute atomic E-state index is 0.344. The van der Waals surface area contributed by atoms with E-state index in [1.165, 1.54) is 11.3 Å². The van der Waals surface area contributed by atoms with E-state index in [1.807, 2.05) is 24.3 Å². The van der Waals surface area contributed by atoms with Crippen molar-refractivity contribution in [3.63, 3.8) is 0 Å². The molecule has 5 nitrogen and oxygen atoms in total. The molecule has 0 aliphatic rings. The maximum Gasteiger partial charge on any atom is 0.243 e. The summed E-state index contributed by atoms with van der Waals surface area (Å²) in [5, 5.41) is 11.8. The van der Waals surface area contributed by atoms with Crippen molar-refractivity contribution in [1.82, 2.24) is 4.98 Å². The number of nitrogens with zero attached hydrogens (tertiary/aromatic N) is 2. The van der Waals surface area contributed by atoms with Crippen LogP contribution in [-0.2, 0) is 4.79 Å². The largest absolute Gasteiger partial charge is 0.497 e. The monoisotopic (exact) mass is 261 g/mol. The van der Waals surface area contributed by atoms with Gasteiger partial charge in [0.15, 0.2) is 5.13 Å². The molecule has 1 aromatic heterocycles. The molecule has 6 heteroatoms. The Morgan fingerprint density at radius 2 is 2.39 bits per heavy atom. The Hall–Kier alpha value is -2.13. The molecule has 1 atom stereocenters. The highest BCUT2D eigenvalue weighted by Crippen LogP contribution is 2.29. The third-order valence-corrected chi connectivity index (χ3v) is 3.35. The summed E-state index contributed by atoms with van der Waals surface area (Å²) in [7, 11) is 1.60. The maximum atomic E-state index is 11.6. The Labute approximate surface area is 108 Å². The van der Waals surface area contributed by atoms with Crippen LogP contribution in [0, 0.1) is 17.2 Å². The number of benzene rings is 1. The Balaban J connectivity index is 2.25. The molecule has 1 N–H and O–H groups in total. The van der Waals surface area contributed by atoms with Crippen LogP contribution < -0.4 is 10.1 Å². The van der Waals surface area contributed by atoms with Gasteiger partial charge < -0.3 is 10.1 Å². The number of aromatic nitrogens is 1. The van der Waals surface area contributed by atoms with Crippen molar-refractivity contribution in [2.75, 3.05) is 12.4 Å². The predicted molar refractivity (Wildman–Crippen MR) is 69.6 cm³/mol. The number of amides is 1. The summed E-state index contributed by atoms with van der Waals surface area (Å²) < 4.78 is 6.04. The second-order valence-electron chi connectivity index (χ2n) is 3.69. The van der Waals surface area contributed by atoms with Gasteiger partial charge in [0.25, 0.3) is 0 Å². The lowest BCUT2D eigenvalue weighted by Gasteiger charge is -2.00. The number of rotatable bonds is 3. The number of hydrogen-bond acceptors (Lipinski definition) is 5. The normalized spacial score (nSPS) is 11.8. The van der Waals surface area contributed by atoms with Gasteiger partial charge in [-0.2, -0.15) is 5.26 Å². The van der Waals surface area contributed by atoms with Crippen molar-refractivity contribution < 1.29 is 9.53 Å². The Morgan fingerprint density at radius 3 is 3.06 bits per heavy atom. The third kappa shape index (κ3) is 2.41. The van der Waals surface area contributed by atoms with E-state index in [9.17, 15) is 4.79 Å². The van der Waals surface area contributed by atoms with Crippen molar-refractivity contribution >= 4 is 32.6 Å². The molecule has 0 radical (unpaired) electrons.